The van der Waals surface area contributed by atoms with Crippen LogP contribution in [0.3, 0.4) is 0 Å². The van der Waals surface area contributed by atoms with Gasteiger partial charge in [0.15, 0.2) is 5.11 Å². The van der Waals surface area contributed by atoms with Crippen molar-refractivity contribution >= 4 is 34.8 Å². The average Bonchev–Trinajstić information content (AvgIpc) is 2.61. The minimum Gasteiger partial charge on any atom is -0.497 e. The number of carbonyl (C=O) groups excluding carboxylic acids is 2. The van der Waals surface area contributed by atoms with Crippen molar-refractivity contribution in [2.24, 2.45) is 0 Å². The zero-order chi connectivity index (χ0) is 19.1. The average molecular weight is 371 g/mol. The first kappa shape index (κ1) is 19.4. The highest BCUT2D eigenvalue weighted by molar-refractivity contribution is 7.80. The van der Waals surface area contributed by atoms with Crippen LogP contribution < -0.4 is 20.7 Å². The molecule has 6 nitrogen and oxygen atoms in total. The molecule has 26 heavy (non-hydrogen) atoms. The molecule has 0 aliphatic heterocycles. The maximum Gasteiger partial charge on any atom is 0.257 e. The van der Waals surface area contributed by atoms with E-state index in [1.165, 1.54) is 0 Å². The van der Waals surface area contributed by atoms with Gasteiger partial charge in [0.2, 0.25) is 0 Å². The number of anilines is 1. The van der Waals surface area contributed by atoms with Crippen LogP contribution in [0.25, 0.3) is 0 Å². The molecule has 0 aliphatic carbocycles. The van der Waals surface area contributed by atoms with Crippen LogP contribution in [0.5, 0.6) is 5.75 Å². The van der Waals surface area contributed by atoms with E-state index in [2.05, 4.69) is 16.0 Å². The molecule has 3 N–H and O–H groups in total. The summed E-state index contributed by atoms with van der Waals surface area (Å²) in [6.45, 7) is 3.80. The monoisotopic (exact) mass is 371 g/mol. The van der Waals surface area contributed by atoms with Crippen LogP contribution >= 0.6 is 12.2 Å². The molecule has 136 valence electrons. The summed E-state index contributed by atoms with van der Waals surface area (Å²) >= 11 is 5.16. The zero-order valence-corrected chi connectivity index (χ0v) is 15.6. The highest BCUT2D eigenvalue weighted by Crippen LogP contribution is 2.12. The summed E-state index contributed by atoms with van der Waals surface area (Å²) in [5.74, 6) is 0.212. The van der Waals surface area contributed by atoms with Gasteiger partial charge in [0.05, 0.1) is 7.11 Å². The first-order valence-corrected chi connectivity index (χ1v) is 8.47. The van der Waals surface area contributed by atoms with Gasteiger partial charge in [0.1, 0.15) is 5.75 Å². The van der Waals surface area contributed by atoms with E-state index < -0.39 is 0 Å². The summed E-state index contributed by atoms with van der Waals surface area (Å²) in [6.07, 6.45) is 0. The Hall–Kier alpha value is -2.93. The number of methoxy groups -OCH3 is 1. The van der Waals surface area contributed by atoms with Crippen LogP contribution in [0.1, 0.15) is 34.6 Å². The number of carbonyl (C=O) groups is 2. The van der Waals surface area contributed by atoms with Crippen LogP contribution in [0.4, 0.5) is 5.69 Å². The van der Waals surface area contributed by atoms with E-state index in [4.69, 9.17) is 17.0 Å². The van der Waals surface area contributed by atoms with E-state index in [0.717, 1.165) is 0 Å². The number of thiocarbonyl (C=S) groups is 1. The molecule has 0 bridgehead atoms. The van der Waals surface area contributed by atoms with Crippen molar-refractivity contribution in [1.29, 1.82) is 0 Å². The van der Waals surface area contributed by atoms with E-state index >= 15 is 0 Å². The maximum absolute atomic E-state index is 12.2. The van der Waals surface area contributed by atoms with Gasteiger partial charge in [-0.1, -0.05) is 0 Å². The highest BCUT2D eigenvalue weighted by Gasteiger charge is 2.09. The fourth-order valence-corrected chi connectivity index (χ4v) is 2.34. The van der Waals surface area contributed by atoms with Crippen LogP contribution in [0.15, 0.2) is 48.5 Å². The Morgan fingerprint density at radius 1 is 0.923 bits per heavy atom. The first-order chi connectivity index (χ1) is 12.4. The number of rotatable bonds is 5. The smallest absolute Gasteiger partial charge is 0.257 e. The lowest BCUT2D eigenvalue weighted by atomic mass is 10.2. The van der Waals surface area contributed by atoms with Crippen molar-refractivity contribution in [3.05, 3.63) is 59.7 Å². The standard InChI is InChI=1S/C19H21N3O3S/c1-12(2)20-17(23)13-4-8-15(9-5-13)21-19(26)22-18(24)14-6-10-16(25-3)11-7-14/h4-12H,1-3H3,(H,20,23)(H2,21,22,24,26). The molecular formula is C19H21N3O3S. The topological polar surface area (TPSA) is 79.5 Å². The van der Waals surface area contributed by atoms with Gasteiger partial charge in [0.25, 0.3) is 11.8 Å². The van der Waals surface area contributed by atoms with Gasteiger partial charge in [-0.2, -0.15) is 0 Å². The predicted octanol–water partition coefficient (Wildman–Crippen LogP) is 2.96. The second-order valence-electron chi connectivity index (χ2n) is 5.84. The number of ether oxygens (including phenoxy) is 1. The molecule has 7 heteroatoms. The Morgan fingerprint density at radius 3 is 2.00 bits per heavy atom. The molecule has 2 amide bonds. The van der Waals surface area contributed by atoms with E-state index in [0.29, 0.717) is 22.6 Å². The van der Waals surface area contributed by atoms with Crippen LogP contribution in [-0.2, 0) is 0 Å². The molecule has 0 saturated carbocycles. The molecule has 0 fully saturated rings. The van der Waals surface area contributed by atoms with Crippen molar-refractivity contribution in [3.63, 3.8) is 0 Å². The molecular weight excluding hydrogens is 350 g/mol. The van der Waals surface area contributed by atoms with Gasteiger partial charge >= 0.3 is 0 Å². The minimum absolute atomic E-state index is 0.0704. The van der Waals surface area contributed by atoms with Gasteiger partial charge in [0, 0.05) is 22.9 Å². The largest absolute Gasteiger partial charge is 0.497 e. The molecule has 2 aromatic rings. The van der Waals surface area contributed by atoms with Crippen molar-refractivity contribution in [2.45, 2.75) is 19.9 Å². The summed E-state index contributed by atoms with van der Waals surface area (Å²) in [4.78, 5) is 24.1. The summed E-state index contributed by atoms with van der Waals surface area (Å²) in [5.41, 5.74) is 1.69. The minimum atomic E-state index is -0.321. The van der Waals surface area contributed by atoms with Crippen LogP contribution in [0.2, 0.25) is 0 Å². The van der Waals surface area contributed by atoms with Gasteiger partial charge in [-0.05, 0) is 74.6 Å². The van der Waals surface area contributed by atoms with Crippen molar-refractivity contribution in [3.8, 4) is 5.75 Å². The van der Waals surface area contributed by atoms with Crippen LogP contribution in [-0.4, -0.2) is 30.1 Å². The Labute approximate surface area is 157 Å². The summed E-state index contributed by atoms with van der Waals surface area (Å²) in [7, 11) is 1.56. The Bertz CT molecular complexity index is 787. The number of nitrogens with one attached hydrogen (secondary N) is 3. The lowest BCUT2D eigenvalue weighted by Gasteiger charge is -2.11. The molecule has 2 aromatic carbocycles. The summed E-state index contributed by atoms with van der Waals surface area (Å²) in [5, 5.41) is 8.51. The van der Waals surface area contributed by atoms with Crippen molar-refractivity contribution < 1.29 is 14.3 Å². The third kappa shape index (κ3) is 5.56. The van der Waals surface area contributed by atoms with Gasteiger partial charge in [-0.25, -0.2) is 0 Å². The van der Waals surface area contributed by atoms with E-state index in [9.17, 15) is 9.59 Å². The number of benzene rings is 2. The lowest BCUT2D eigenvalue weighted by Crippen LogP contribution is -2.34. The van der Waals surface area contributed by atoms with E-state index in [1.807, 2.05) is 13.8 Å². The SMILES string of the molecule is COc1ccc(C(=O)NC(=S)Nc2ccc(C(=O)NC(C)C)cc2)cc1. The Kier molecular flexibility index (Phi) is 6.68. The van der Waals surface area contributed by atoms with Crippen molar-refractivity contribution in [2.75, 3.05) is 12.4 Å². The third-order valence-corrected chi connectivity index (χ3v) is 3.61. The quantitative estimate of drug-likeness (QED) is 0.704. The van der Waals surface area contributed by atoms with Gasteiger partial charge in [-0.15, -0.1) is 0 Å². The predicted molar refractivity (Wildman–Crippen MR) is 106 cm³/mol. The van der Waals surface area contributed by atoms with E-state index in [1.54, 1.807) is 55.6 Å². The highest BCUT2D eigenvalue weighted by atomic mass is 32.1. The van der Waals surface area contributed by atoms with E-state index in [-0.39, 0.29) is 23.0 Å². The fourth-order valence-electron chi connectivity index (χ4n) is 2.13. The molecule has 0 radical (unpaired) electrons. The Morgan fingerprint density at radius 2 is 1.46 bits per heavy atom. The summed E-state index contributed by atoms with van der Waals surface area (Å²) in [6, 6.07) is 13.6. The molecule has 0 aromatic heterocycles. The second kappa shape index (κ2) is 8.96. The van der Waals surface area contributed by atoms with Gasteiger partial charge < -0.3 is 15.4 Å². The number of amides is 2. The molecule has 0 aliphatic rings. The maximum atomic E-state index is 12.2. The molecule has 0 saturated heterocycles. The molecule has 2 rings (SSSR count). The number of hydrogen-bond donors (Lipinski definition) is 3. The lowest BCUT2D eigenvalue weighted by molar-refractivity contribution is 0.0941. The molecule has 0 unspecified atom stereocenters. The first-order valence-electron chi connectivity index (χ1n) is 8.06. The van der Waals surface area contributed by atoms with Gasteiger partial charge in [-0.3, -0.25) is 14.9 Å². The molecule has 0 atom stereocenters. The summed E-state index contributed by atoms with van der Waals surface area (Å²) < 4.78 is 5.06. The second-order valence-corrected chi connectivity index (χ2v) is 6.25. The normalized spacial score (nSPS) is 10.2. The van der Waals surface area contributed by atoms with Crippen LogP contribution in [0, 0.1) is 0 Å². The third-order valence-electron chi connectivity index (χ3n) is 3.40. The van der Waals surface area contributed by atoms with Crippen molar-refractivity contribution in [1.82, 2.24) is 10.6 Å². The number of hydrogen-bond acceptors (Lipinski definition) is 4. The fraction of sp³-hybridized carbons (Fsp3) is 0.211. The molecule has 0 heterocycles. The molecule has 0 spiro atoms. The Balaban J connectivity index is 1.92. The zero-order valence-electron chi connectivity index (χ0n) is 14.8.